The van der Waals surface area contributed by atoms with Crippen molar-refractivity contribution in [3.05, 3.63) is 80.7 Å². The maximum absolute atomic E-state index is 13.3. The molecular formula is C22H24FN3O3. The van der Waals surface area contributed by atoms with Gasteiger partial charge in [0.2, 0.25) is 5.91 Å². The van der Waals surface area contributed by atoms with Gasteiger partial charge in [0, 0.05) is 13.0 Å². The number of rotatable bonds is 5. The van der Waals surface area contributed by atoms with Crippen LogP contribution in [0.4, 0.5) is 4.39 Å². The highest BCUT2D eigenvalue weighted by Crippen LogP contribution is 2.32. The van der Waals surface area contributed by atoms with E-state index in [1.54, 1.807) is 36.4 Å². The zero-order valence-electron chi connectivity index (χ0n) is 16.7. The minimum absolute atomic E-state index is 0.0592. The molecule has 0 radical (unpaired) electrons. The van der Waals surface area contributed by atoms with Gasteiger partial charge in [-0.1, -0.05) is 45.0 Å². The molecule has 1 aromatic heterocycles. The molecule has 1 unspecified atom stereocenters. The molecule has 1 atom stereocenters. The number of amides is 1. The zero-order valence-corrected chi connectivity index (χ0v) is 16.7. The fourth-order valence-electron chi connectivity index (χ4n) is 3.37. The van der Waals surface area contributed by atoms with Crippen molar-refractivity contribution in [1.29, 1.82) is 0 Å². The van der Waals surface area contributed by atoms with Crippen molar-refractivity contribution in [2.45, 2.75) is 39.8 Å². The quantitative estimate of drug-likeness (QED) is 0.694. The number of benzene rings is 2. The third kappa shape index (κ3) is 4.62. The normalized spacial score (nSPS) is 12.7. The number of halogens is 1. The predicted molar refractivity (Wildman–Crippen MR) is 110 cm³/mol. The molecule has 0 aliphatic rings. The van der Waals surface area contributed by atoms with Gasteiger partial charge in [-0.25, -0.2) is 9.18 Å². The standard InChI is InChI=1S/C22H24FN3O3/c1-22(2,3)19(14-8-10-15(23)11-9-14)24-18(27)12-13-26-17-7-5-4-6-16(17)20(28)25-21(26)29/h4-11,19H,12-13H2,1-3H3,(H,24,27)(H,25,28,29). The lowest BCUT2D eigenvalue weighted by Gasteiger charge is -2.32. The van der Waals surface area contributed by atoms with E-state index in [1.807, 2.05) is 20.8 Å². The van der Waals surface area contributed by atoms with Crippen molar-refractivity contribution in [3.8, 4) is 0 Å². The smallest absolute Gasteiger partial charge is 0.328 e. The molecule has 3 rings (SSSR count). The van der Waals surface area contributed by atoms with E-state index in [2.05, 4.69) is 10.3 Å². The maximum Gasteiger partial charge on any atom is 0.328 e. The summed E-state index contributed by atoms with van der Waals surface area (Å²) in [6.45, 7) is 6.09. The van der Waals surface area contributed by atoms with Crippen molar-refractivity contribution in [2.75, 3.05) is 0 Å². The summed E-state index contributed by atoms with van der Waals surface area (Å²) in [7, 11) is 0. The van der Waals surface area contributed by atoms with Crippen LogP contribution in [0, 0.1) is 11.2 Å². The van der Waals surface area contributed by atoms with Crippen LogP contribution >= 0.6 is 0 Å². The third-order valence-electron chi connectivity index (χ3n) is 4.84. The van der Waals surface area contributed by atoms with Crippen LogP contribution in [0.3, 0.4) is 0 Å². The van der Waals surface area contributed by atoms with E-state index in [-0.39, 0.29) is 36.1 Å². The molecule has 1 amide bonds. The Morgan fingerprint density at radius 2 is 1.76 bits per heavy atom. The summed E-state index contributed by atoms with van der Waals surface area (Å²) in [6, 6.07) is 12.5. The van der Waals surface area contributed by atoms with Crippen LogP contribution in [0.2, 0.25) is 0 Å². The van der Waals surface area contributed by atoms with E-state index in [4.69, 9.17) is 0 Å². The zero-order chi connectivity index (χ0) is 21.2. The highest BCUT2D eigenvalue weighted by atomic mass is 19.1. The second kappa shape index (κ2) is 8.03. The fraction of sp³-hybridized carbons (Fsp3) is 0.318. The maximum atomic E-state index is 13.3. The number of nitrogens with one attached hydrogen (secondary N) is 2. The lowest BCUT2D eigenvalue weighted by molar-refractivity contribution is -0.122. The lowest BCUT2D eigenvalue weighted by Crippen LogP contribution is -2.38. The number of aryl methyl sites for hydroxylation is 1. The van der Waals surface area contributed by atoms with E-state index < -0.39 is 11.2 Å². The van der Waals surface area contributed by atoms with Crippen LogP contribution in [0.15, 0.2) is 58.1 Å². The number of carbonyl (C=O) groups is 1. The van der Waals surface area contributed by atoms with E-state index >= 15 is 0 Å². The van der Waals surface area contributed by atoms with Crippen LogP contribution in [0.25, 0.3) is 10.9 Å². The van der Waals surface area contributed by atoms with Gasteiger partial charge in [-0.3, -0.25) is 19.1 Å². The second-order valence-corrected chi connectivity index (χ2v) is 8.10. The molecule has 7 heteroatoms. The van der Waals surface area contributed by atoms with Crippen molar-refractivity contribution in [2.24, 2.45) is 5.41 Å². The monoisotopic (exact) mass is 397 g/mol. The summed E-state index contributed by atoms with van der Waals surface area (Å²) >= 11 is 0. The third-order valence-corrected chi connectivity index (χ3v) is 4.84. The molecule has 29 heavy (non-hydrogen) atoms. The van der Waals surface area contributed by atoms with Gasteiger partial charge in [0.25, 0.3) is 5.56 Å². The van der Waals surface area contributed by atoms with Crippen LogP contribution in [0.5, 0.6) is 0 Å². The van der Waals surface area contributed by atoms with Gasteiger partial charge >= 0.3 is 5.69 Å². The van der Waals surface area contributed by atoms with E-state index in [0.717, 1.165) is 5.56 Å². The molecule has 0 bridgehead atoms. The molecule has 0 aliphatic heterocycles. The number of carbonyl (C=O) groups excluding carboxylic acids is 1. The molecule has 2 aromatic carbocycles. The molecule has 0 spiro atoms. The Hall–Kier alpha value is -3.22. The molecule has 1 heterocycles. The predicted octanol–water partition coefficient (Wildman–Crippen LogP) is 3.12. The Kier molecular flexibility index (Phi) is 5.68. The van der Waals surface area contributed by atoms with Crippen molar-refractivity contribution in [1.82, 2.24) is 14.9 Å². The Morgan fingerprint density at radius 1 is 1.10 bits per heavy atom. The molecule has 2 N–H and O–H groups in total. The minimum Gasteiger partial charge on any atom is -0.349 e. The largest absolute Gasteiger partial charge is 0.349 e. The number of aromatic amines is 1. The fourth-order valence-corrected chi connectivity index (χ4v) is 3.37. The summed E-state index contributed by atoms with van der Waals surface area (Å²) in [6.07, 6.45) is 0.0592. The number of hydrogen-bond acceptors (Lipinski definition) is 3. The van der Waals surface area contributed by atoms with E-state index in [0.29, 0.717) is 10.9 Å². The van der Waals surface area contributed by atoms with E-state index in [9.17, 15) is 18.8 Å². The van der Waals surface area contributed by atoms with Crippen LogP contribution in [0.1, 0.15) is 38.8 Å². The molecular weight excluding hydrogens is 373 g/mol. The first kappa shape index (κ1) is 20.5. The Bertz CT molecular complexity index is 1140. The average molecular weight is 397 g/mol. The number of para-hydroxylation sites is 1. The highest BCUT2D eigenvalue weighted by Gasteiger charge is 2.27. The first-order chi connectivity index (χ1) is 13.7. The van der Waals surface area contributed by atoms with Crippen molar-refractivity contribution < 1.29 is 9.18 Å². The van der Waals surface area contributed by atoms with Gasteiger partial charge in [-0.15, -0.1) is 0 Å². The highest BCUT2D eigenvalue weighted by molar-refractivity contribution is 5.79. The molecule has 3 aromatic rings. The van der Waals surface area contributed by atoms with E-state index in [1.165, 1.54) is 16.7 Å². The number of fused-ring (bicyclic) bond motifs is 1. The van der Waals surface area contributed by atoms with Crippen LogP contribution in [-0.4, -0.2) is 15.5 Å². The molecule has 0 saturated carbocycles. The molecule has 0 fully saturated rings. The summed E-state index contributed by atoms with van der Waals surface area (Å²) in [5, 5.41) is 3.39. The molecule has 6 nitrogen and oxygen atoms in total. The van der Waals surface area contributed by atoms with Crippen LogP contribution < -0.4 is 16.6 Å². The van der Waals surface area contributed by atoms with Crippen molar-refractivity contribution >= 4 is 16.8 Å². The molecule has 0 saturated heterocycles. The second-order valence-electron chi connectivity index (χ2n) is 8.10. The SMILES string of the molecule is CC(C)(C)C(NC(=O)CCn1c(=O)[nH]c(=O)c2ccccc21)c1ccc(F)cc1. The number of H-pyrrole nitrogens is 1. The minimum atomic E-state index is -0.549. The molecule has 0 aliphatic carbocycles. The summed E-state index contributed by atoms with van der Waals surface area (Å²) < 4.78 is 14.7. The number of hydrogen-bond donors (Lipinski definition) is 2. The lowest BCUT2D eigenvalue weighted by atomic mass is 9.82. The summed E-state index contributed by atoms with van der Waals surface area (Å²) in [5.41, 5.74) is -0.00340. The first-order valence-electron chi connectivity index (χ1n) is 9.43. The van der Waals surface area contributed by atoms with Crippen molar-refractivity contribution in [3.63, 3.8) is 0 Å². The van der Waals surface area contributed by atoms with Gasteiger partial charge in [-0.05, 0) is 35.2 Å². The Balaban J connectivity index is 1.80. The van der Waals surface area contributed by atoms with Gasteiger partial charge in [0.05, 0.1) is 16.9 Å². The molecule has 152 valence electrons. The Morgan fingerprint density at radius 3 is 2.41 bits per heavy atom. The van der Waals surface area contributed by atoms with Gasteiger partial charge < -0.3 is 5.32 Å². The summed E-state index contributed by atoms with van der Waals surface area (Å²) in [5.74, 6) is -0.575. The van der Waals surface area contributed by atoms with Gasteiger partial charge in [-0.2, -0.15) is 0 Å². The van der Waals surface area contributed by atoms with Gasteiger partial charge in [0.15, 0.2) is 0 Å². The number of aromatic nitrogens is 2. The Labute approximate surface area is 167 Å². The van der Waals surface area contributed by atoms with Gasteiger partial charge in [0.1, 0.15) is 5.82 Å². The van der Waals surface area contributed by atoms with Crippen LogP contribution in [-0.2, 0) is 11.3 Å². The first-order valence-corrected chi connectivity index (χ1v) is 9.43. The average Bonchev–Trinajstić information content (AvgIpc) is 2.66. The number of nitrogens with zero attached hydrogens (tertiary/aromatic N) is 1. The summed E-state index contributed by atoms with van der Waals surface area (Å²) in [4.78, 5) is 39.1. The topological polar surface area (TPSA) is 84.0 Å².